The molecule has 0 aliphatic carbocycles. The van der Waals surface area contributed by atoms with Gasteiger partial charge in [0.05, 0.1) is 11.5 Å². The molecule has 4 amide bonds. The van der Waals surface area contributed by atoms with Gasteiger partial charge in [-0.05, 0) is 37.1 Å². The lowest BCUT2D eigenvalue weighted by Gasteiger charge is -2.32. The van der Waals surface area contributed by atoms with E-state index in [0.29, 0.717) is 25.1 Å². The van der Waals surface area contributed by atoms with Crippen LogP contribution in [0, 0.1) is 11.7 Å². The number of halogens is 1. The van der Waals surface area contributed by atoms with Crippen LogP contribution in [-0.4, -0.2) is 35.8 Å². The highest BCUT2D eigenvalue weighted by Crippen LogP contribution is 2.18. The number of benzene rings is 2. The molecule has 1 saturated heterocycles. The number of carbonyl (C=O) groups excluding carboxylic acids is 3. The van der Waals surface area contributed by atoms with Gasteiger partial charge in [0.25, 0.3) is 5.91 Å². The predicted octanol–water partition coefficient (Wildman–Crippen LogP) is 2.53. The van der Waals surface area contributed by atoms with Gasteiger partial charge in [0.2, 0.25) is 5.91 Å². The summed E-state index contributed by atoms with van der Waals surface area (Å²) in [5, 5.41) is 2.79. The standard InChI is InChI=1S/C20H21FN4O3/c21-17-11-5-4-10-16(17)19(27)24-23-18(26)14-7-6-12-25(13-14)20(28)22-15-8-2-1-3-9-15/h1-5,8-11,14H,6-7,12-13H2,(H,22,28)(H,23,26)(H,24,27)/t14-/m0/s1. The highest BCUT2D eigenvalue weighted by atomic mass is 19.1. The van der Waals surface area contributed by atoms with Gasteiger partial charge in [-0.25, -0.2) is 9.18 Å². The molecule has 1 aliphatic heterocycles. The van der Waals surface area contributed by atoms with Crippen molar-refractivity contribution in [2.45, 2.75) is 12.8 Å². The van der Waals surface area contributed by atoms with Gasteiger partial charge in [-0.15, -0.1) is 0 Å². The minimum Gasteiger partial charge on any atom is -0.324 e. The molecule has 1 aliphatic rings. The first-order valence-electron chi connectivity index (χ1n) is 9.00. The molecule has 0 radical (unpaired) electrons. The summed E-state index contributed by atoms with van der Waals surface area (Å²) in [5.74, 6) is -2.28. The molecule has 0 aromatic heterocycles. The van der Waals surface area contributed by atoms with E-state index in [1.807, 2.05) is 18.2 Å². The van der Waals surface area contributed by atoms with Crippen molar-refractivity contribution in [1.82, 2.24) is 15.8 Å². The Balaban J connectivity index is 1.52. The molecule has 3 rings (SSSR count). The summed E-state index contributed by atoms with van der Waals surface area (Å²) < 4.78 is 13.6. The number of nitrogens with zero attached hydrogens (tertiary/aromatic N) is 1. The zero-order valence-electron chi connectivity index (χ0n) is 15.2. The summed E-state index contributed by atoms with van der Waals surface area (Å²) >= 11 is 0. The zero-order chi connectivity index (χ0) is 19.9. The maximum atomic E-state index is 13.6. The molecule has 8 heteroatoms. The molecule has 0 bridgehead atoms. The quantitative estimate of drug-likeness (QED) is 0.711. The normalized spacial score (nSPS) is 16.2. The van der Waals surface area contributed by atoms with Crippen LogP contribution in [0.5, 0.6) is 0 Å². The van der Waals surface area contributed by atoms with Crippen molar-refractivity contribution < 1.29 is 18.8 Å². The highest BCUT2D eigenvalue weighted by molar-refractivity contribution is 5.96. The van der Waals surface area contributed by atoms with E-state index in [4.69, 9.17) is 0 Å². The lowest BCUT2D eigenvalue weighted by Crippen LogP contribution is -2.50. The Kier molecular flexibility index (Phi) is 6.21. The van der Waals surface area contributed by atoms with Crippen molar-refractivity contribution in [1.29, 1.82) is 0 Å². The summed E-state index contributed by atoms with van der Waals surface area (Å²) in [7, 11) is 0. The van der Waals surface area contributed by atoms with Crippen LogP contribution in [0.2, 0.25) is 0 Å². The van der Waals surface area contributed by atoms with Crippen LogP contribution < -0.4 is 16.2 Å². The molecule has 3 N–H and O–H groups in total. The van der Waals surface area contributed by atoms with Crippen LogP contribution in [-0.2, 0) is 4.79 Å². The molecule has 7 nitrogen and oxygen atoms in total. The second kappa shape index (κ2) is 8.98. The molecule has 0 unspecified atom stereocenters. The summed E-state index contributed by atoms with van der Waals surface area (Å²) in [4.78, 5) is 38.3. The van der Waals surface area contributed by atoms with Gasteiger partial charge in [-0.3, -0.25) is 20.4 Å². The average molecular weight is 384 g/mol. The first-order valence-corrected chi connectivity index (χ1v) is 9.00. The number of anilines is 1. The molecular weight excluding hydrogens is 363 g/mol. The Hall–Kier alpha value is -3.42. The van der Waals surface area contributed by atoms with Crippen LogP contribution in [0.15, 0.2) is 54.6 Å². The van der Waals surface area contributed by atoms with Crippen molar-refractivity contribution in [3.63, 3.8) is 0 Å². The van der Waals surface area contributed by atoms with E-state index in [1.54, 1.807) is 17.0 Å². The van der Waals surface area contributed by atoms with E-state index in [2.05, 4.69) is 16.2 Å². The van der Waals surface area contributed by atoms with Crippen LogP contribution in [0.25, 0.3) is 0 Å². The number of amides is 4. The van der Waals surface area contributed by atoms with E-state index in [9.17, 15) is 18.8 Å². The summed E-state index contributed by atoms with van der Waals surface area (Å²) in [6.07, 6.45) is 1.26. The summed E-state index contributed by atoms with van der Waals surface area (Å²) in [6, 6.07) is 14.3. The molecule has 0 spiro atoms. The Bertz CT molecular complexity index is 860. The number of nitrogens with one attached hydrogen (secondary N) is 3. The third kappa shape index (κ3) is 4.85. The minimum absolute atomic E-state index is 0.157. The van der Waals surface area contributed by atoms with E-state index >= 15 is 0 Å². The van der Waals surface area contributed by atoms with Gasteiger partial charge in [0, 0.05) is 18.8 Å². The van der Waals surface area contributed by atoms with E-state index in [0.717, 1.165) is 0 Å². The van der Waals surface area contributed by atoms with Crippen LogP contribution >= 0.6 is 0 Å². The van der Waals surface area contributed by atoms with Crippen molar-refractivity contribution in [3.8, 4) is 0 Å². The van der Waals surface area contributed by atoms with Gasteiger partial charge in [0.15, 0.2) is 0 Å². The lowest BCUT2D eigenvalue weighted by molar-refractivity contribution is -0.127. The SMILES string of the molecule is O=C(NNC(=O)[C@H]1CCCN(C(=O)Nc2ccccc2)C1)c1ccccc1F. The molecule has 2 aromatic carbocycles. The molecular formula is C20H21FN4O3. The second-order valence-corrected chi connectivity index (χ2v) is 6.50. The van der Waals surface area contributed by atoms with Gasteiger partial charge in [-0.1, -0.05) is 30.3 Å². The van der Waals surface area contributed by atoms with Crippen molar-refractivity contribution >= 4 is 23.5 Å². The molecule has 28 heavy (non-hydrogen) atoms. The third-order valence-electron chi connectivity index (χ3n) is 4.52. The molecule has 1 atom stereocenters. The van der Waals surface area contributed by atoms with Crippen molar-refractivity contribution in [2.24, 2.45) is 5.92 Å². The van der Waals surface area contributed by atoms with Gasteiger partial charge in [0.1, 0.15) is 5.82 Å². The number of carbonyl (C=O) groups is 3. The maximum absolute atomic E-state index is 13.6. The number of likely N-dealkylation sites (tertiary alicyclic amines) is 1. The van der Waals surface area contributed by atoms with Gasteiger partial charge >= 0.3 is 6.03 Å². The average Bonchev–Trinajstić information content (AvgIpc) is 2.73. The van der Waals surface area contributed by atoms with E-state index in [1.165, 1.54) is 24.3 Å². The number of rotatable bonds is 3. The van der Waals surface area contributed by atoms with Crippen molar-refractivity contribution in [3.05, 3.63) is 66.0 Å². The lowest BCUT2D eigenvalue weighted by atomic mass is 9.98. The number of piperidine rings is 1. The summed E-state index contributed by atoms with van der Waals surface area (Å²) in [5.41, 5.74) is 5.07. The molecule has 1 heterocycles. The van der Waals surface area contributed by atoms with Crippen molar-refractivity contribution in [2.75, 3.05) is 18.4 Å². The van der Waals surface area contributed by atoms with Crippen LogP contribution in [0.3, 0.4) is 0 Å². The first kappa shape index (κ1) is 19.3. The number of hydrogen-bond acceptors (Lipinski definition) is 3. The minimum atomic E-state index is -0.735. The van der Waals surface area contributed by atoms with E-state index in [-0.39, 0.29) is 18.1 Å². The third-order valence-corrected chi connectivity index (χ3v) is 4.52. The smallest absolute Gasteiger partial charge is 0.321 e. The zero-order valence-corrected chi connectivity index (χ0v) is 15.2. The van der Waals surface area contributed by atoms with Gasteiger partial charge < -0.3 is 10.2 Å². The fourth-order valence-electron chi connectivity index (χ4n) is 3.03. The monoisotopic (exact) mass is 384 g/mol. The Labute approximate surface area is 161 Å². The fourth-order valence-corrected chi connectivity index (χ4v) is 3.03. The topological polar surface area (TPSA) is 90.5 Å². The second-order valence-electron chi connectivity index (χ2n) is 6.50. The highest BCUT2D eigenvalue weighted by Gasteiger charge is 2.29. The number of hydrogen-bond donors (Lipinski definition) is 3. The maximum Gasteiger partial charge on any atom is 0.321 e. The van der Waals surface area contributed by atoms with Crippen LogP contribution in [0.4, 0.5) is 14.9 Å². The molecule has 146 valence electrons. The Morgan fingerprint density at radius 2 is 1.68 bits per heavy atom. The Morgan fingerprint density at radius 1 is 0.964 bits per heavy atom. The number of hydrazine groups is 1. The molecule has 2 aromatic rings. The molecule has 1 fully saturated rings. The summed E-state index contributed by atoms with van der Waals surface area (Å²) in [6.45, 7) is 0.782. The Morgan fingerprint density at radius 3 is 2.43 bits per heavy atom. The number of para-hydroxylation sites is 1. The first-order chi connectivity index (χ1) is 13.5. The van der Waals surface area contributed by atoms with Gasteiger partial charge in [-0.2, -0.15) is 0 Å². The molecule has 0 saturated carbocycles. The fraction of sp³-hybridized carbons (Fsp3) is 0.250. The largest absolute Gasteiger partial charge is 0.324 e. The van der Waals surface area contributed by atoms with Crippen LogP contribution in [0.1, 0.15) is 23.2 Å². The van der Waals surface area contributed by atoms with E-state index < -0.39 is 23.5 Å². The predicted molar refractivity (Wildman–Crippen MR) is 102 cm³/mol. The number of urea groups is 1.